The van der Waals surface area contributed by atoms with Crippen LogP contribution in [0.15, 0.2) is 121 Å². The van der Waals surface area contributed by atoms with Crippen LogP contribution in [0.4, 0.5) is 0 Å². The monoisotopic (exact) mass is 1010 g/mol. The number of carbonyl (C=O) groups is 1. The summed E-state index contributed by atoms with van der Waals surface area (Å²) in [5.74, 6) is 51.0. The van der Waals surface area contributed by atoms with Crippen LogP contribution in [0.2, 0.25) is 0 Å². The van der Waals surface area contributed by atoms with Gasteiger partial charge in [0.1, 0.15) is 30.5 Å². The van der Waals surface area contributed by atoms with Crippen LogP contribution in [-0.2, 0) is 59.6 Å². The molecule has 1 fully saturated rings. The Morgan fingerprint density at radius 3 is 1.39 bits per heavy atom. The highest BCUT2D eigenvalue weighted by molar-refractivity contribution is 5.94. The summed E-state index contributed by atoms with van der Waals surface area (Å²) in [5, 5.41) is 25.6. The van der Waals surface area contributed by atoms with Crippen molar-refractivity contribution in [3.05, 3.63) is 144 Å². The molecule has 0 aliphatic carbocycles. The lowest BCUT2D eigenvalue weighted by Gasteiger charge is -2.46. The normalized spacial score (nSPS) is 16.6. The molecular weight excluding hydrogens is 951 g/mol. The van der Waals surface area contributed by atoms with Gasteiger partial charge in [-0.05, 0) is 123 Å². The fraction of sp³-hybridized carbons (Fsp3) is 0.288. The van der Waals surface area contributed by atoms with Gasteiger partial charge < -0.3 is 44.0 Å². The number of nitrogens with one attached hydrogen (secondary N) is 1. The van der Waals surface area contributed by atoms with Crippen molar-refractivity contribution in [3.8, 4) is 131 Å². The van der Waals surface area contributed by atoms with E-state index in [1.54, 1.807) is 0 Å². The van der Waals surface area contributed by atoms with Crippen molar-refractivity contribution < 1.29 is 43.4 Å². The third-order valence-corrected chi connectivity index (χ3v) is 10.9. The van der Waals surface area contributed by atoms with Crippen LogP contribution in [0.25, 0.3) is 0 Å². The van der Waals surface area contributed by atoms with Crippen molar-refractivity contribution in [3.63, 3.8) is 0 Å². The molecule has 0 spiro atoms. The van der Waals surface area contributed by atoms with Crippen molar-refractivity contribution in [1.82, 2.24) is 5.32 Å². The Balaban J connectivity index is 1.37. The molecule has 4 aromatic carbocycles. The fourth-order valence-electron chi connectivity index (χ4n) is 7.21. The van der Waals surface area contributed by atoms with Crippen LogP contribution in [0.3, 0.4) is 0 Å². The zero-order valence-electron chi connectivity index (χ0n) is 42.1. The molecule has 8 atom stereocenters. The van der Waals surface area contributed by atoms with E-state index in [1.165, 1.54) is 0 Å². The molecule has 5 rings (SSSR count). The zero-order valence-corrected chi connectivity index (χ0v) is 42.1. The Hall–Kier alpha value is -8.81. The van der Waals surface area contributed by atoms with E-state index in [0.29, 0.717) is 13.0 Å². The molecule has 1 heterocycles. The van der Waals surface area contributed by atoms with E-state index in [9.17, 15) is 15.0 Å². The van der Waals surface area contributed by atoms with Crippen LogP contribution in [0, 0.1) is 131 Å². The van der Waals surface area contributed by atoms with Gasteiger partial charge >= 0.3 is 0 Å². The van der Waals surface area contributed by atoms with Crippen LogP contribution in [0.1, 0.15) is 54.9 Å². The highest BCUT2D eigenvalue weighted by Crippen LogP contribution is 2.32. The summed E-state index contributed by atoms with van der Waals surface area (Å²) in [4.78, 5) is 13.4. The summed E-state index contributed by atoms with van der Waals surface area (Å²) in [6.45, 7) is 2.69. The van der Waals surface area contributed by atoms with E-state index in [4.69, 9.17) is 34.8 Å². The maximum Gasteiger partial charge on any atom is 0.297 e. The summed E-state index contributed by atoms with van der Waals surface area (Å²) in [7, 11) is 0. The lowest BCUT2D eigenvalue weighted by atomic mass is 9.97. The second kappa shape index (κ2) is 36.2. The van der Waals surface area contributed by atoms with Crippen LogP contribution >= 0.6 is 0 Å². The van der Waals surface area contributed by atoms with Gasteiger partial charge in [-0.25, -0.2) is 0 Å². The molecule has 0 radical (unpaired) electrons. The number of ether oxygens (including phenoxy) is 6. The minimum absolute atomic E-state index is 0.0815. The molecule has 1 aliphatic heterocycles. The van der Waals surface area contributed by atoms with Gasteiger partial charge in [0.05, 0.1) is 51.8 Å². The number of unbranched alkanes of at least 4 members (excludes halogenated alkanes) is 2. The maximum absolute atomic E-state index is 13.4. The number of aliphatic hydroxyl groups is 2. The first-order valence-corrected chi connectivity index (χ1v) is 24.4. The van der Waals surface area contributed by atoms with Crippen LogP contribution < -0.4 is 5.32 Å². The maximum atomic E-state index is 13.4. The van der Waals surface area contributed by atoms with Crippen molar-refractivity contribution in [2.45, 2.75) is 108 Å². The Morgan fingerprint density at radius 2 is 0.947 bits per heavy atom. The minimum atomic E-state index is -1.46. The van der Waals surface area contributed by atoms with E-state index in [2.05, 4.69) is 130 Å². The lowest BCUT2D eigenvalue weighted by Crippen LogP contribution is -2.62. The third kappa shape index (κ3) is 22.9. The molecule has 4 aromatic rings. The number of rotatable bonds is 23. The number of hydrogen-bond donors (Lipinski definition) is 3. The minimum Gasteiger partial charge on any atom is -0.390 e. The molecule has 5 unspecified atom stereocenters. The predicted octanol–water partition coefficient (Wildman–Crippen LogP) is 6.16. The average Bonchev–Trinajstić information content (AvgIpc) is 3.46. The van der Waals surface area contributed by atoms with E-state index in [-0.39, 0.29) is 39.5 Å². The van der Waals surface area contributed by atoms with E-state index in [0.717, 1.165) is 35.1 Å². The Kier molecular flexibility index (Phi) is 27.6. The first-order valence-electron chi connectivity index (χ1n) is 24.4. The largest absolute Gasteiger partial charge is 0.390 e. The van der Waals surface area contributed by atoms with Gasteiger partial charge in [-0.3, -0.25) is 4.79 Å². The summed E-state index contributed by atoms with van der Waals surface area (Å²) in [5.41, 5.74) is 3.73. The summed E-state index contributed by atoms with van der Waals surface area (Å²) in [6, 6.07) is 37.8. The van der Waals surface area contributed by atoms with Gasteiger partial charge in [0.15, 0.2) is 6.29 Å². The van der Waals surface area contributed by atoms with Crippen molar-refractivity contribution in [2.24, 2.45) is 0 Å². The highest BCUT2D eigenvalue weighted by Gasteiger charge is 2.49. The SMILES string of the molecule is C#CC#CC#CC#CC#CC#CC#CC#CC#CC#CC#CC(=O)N[C@@H](COC1OC(COCc2ccccc2)C(OCc2ccccc2)C(OCc2ccccc2)C1OCc1ccccc1)[C@H](O)[C@H](O)CCCCC. The topological polar surface area (TPSA) is 125 Å². The summed E-state index contributed by atoms with van der Waals surface area (Å²) < 4.78 is 40.1. The summed E-state index contributed by atoms with van der Waals surface area (Å²) in [6.07, 6.45) is 0.633. The van der Waals surface area contributed by atoms with Gasteiger partial charge in [-0.2, -0.15) is 0 Å². The lowest BCUT2D eigenvalue weighted by molar-refractivity contribution is -0.329. The smallest absolute Gasteiger partial charge is 0.297 e. The van der Waals surface area contributed by atoms with E-state index in [1.807, 2.05) is 128 Å². The molecule has 0 aromatic heterocycles. The van der Waals surface area contributed by atoms with Crippen molar-refractivity contribution in [1.29, 1.82) is 0 Å². The third-order valence-electron chi connectivity index (χ3n) is 10.9. The summed E-state index contributed by atoms with van der Waals surface area (Å²) >= 11 is 0. The predicted molar refractivity (Wildman–Crippen MR) is 290 cm³/mol. The van der Waals surface area contributed by atoms with Crippen molar-refractivity contribution in [2.75, 3.05) is 13.2 Å². The molecular formula is C66H55NO9. The number of benzene rings is 4. The van der Waals surface area contributed by atoms with Gasteiger partial charge in [0.2, 0.25) is 0 Å². The fourth-order valence-corrected chi connectivity index (χ4v) is 7.21. The first-order chi connectivity index (χ1) is 37.4. The Bertz CT molecular complexity index is 3160. The molecule has 10 nitrogen and oxygen atoms in total. The Morgan fingerprint density at radius 1 is 0.539 bits per heavy atom. The number of aliphatic hydroxyl groups excluding tert-OH is 2. The quantitative estimate of drug-likeness (QED) is 0.0593. The van der Waals surface area contributed by atoms with E-state index < -0.39 is 54.9 Å². The van der Waals surface area contributed by atoms with Gasteiger partial charge in [0.25, 0.3) is 5.91 Å². The van der Waals surface area contributed by atoms with Crippen molar-refractivity contribution >= 4 is 5.91 Å². The number of terminal acetylenes is 1. The van der Waals surface area contributed by atoms with Crippen LogP contribution in [0.5, 0.6) is 0 Å². The molecule has 3 N–H and O–H groups in total. The first kappa shape index (κ1) is 58.1. The van der Waals surface area contributed by atoms with Gasteiger partial charge in [-0.15, -0.1) is 6.42 Å². The highest BCUT2D eigenvalue weighted by atomic mass is 16.7. The molecule has 1 saturated heterocycles. The van der Waals surface area contributed by atoms with Crippen LogP contribution in [-0.4, -0.2) is 78.3 Å². The molecule has 378 valence electrons. The molecule has 0 bridgehead atoms. The molecule has 76 heavy (non-hydrogen) atoms. The van der Waals surface area contributed by atoms with Gasteiger partial charge in [-0.1, -0.05) is 148 Å². The molecule has 1 aliphatic rings. The zero-order chi connectivity index (χ0) is 53.5. The molecule has 1 amide bonds. The standard InChI is InChI=1S/C66H55NO9/c1-3-5-7-8-9-10-11-12-13-14-15-16-17-18-19-20-21-22-23-37-47-61(69)67-58(62(70)59(68)46-28-6-4-2)52-75-66-65(74-51-57-44-35-27-36-45-57)64(73-50-56-42-33-26-34-43-56)63(72-49-55-40-31-25-32-41-55)60(76-66)53-71-48-54-38-29-24-30-39-54/h1,24-27,29-36,38-45,58-60,62-66,68,70H,4,6,28,46,48-53H2,2H3,(H,67,69)/t58-,59+,60?,62-,63?,64?,65?,66?/m0/s1. The number of hydrogen-bond acceptors (Lipinski definition) is 9. The second-order valence-corrected chi connectivity index (χ2v) is 16.4. The van der Waals surface area contributed by atoms with Gasteiger partial charge in [0, 0.05) is 29.6 Å². The second-order valence-electron chi connectivity index (χ2n) is 16.4. The number of carbonyl (C=O) groups excluding carboxylic acids is 1. The molecule has 0 saturated carbocycles. The number of amides is 1. The van der Waals surface area contributed by atoms with E-state index >= 15 is 0 Å². The molecule has 10 heteroatoms. The average molecular weight is 1010 g/mol. The Labute approximate surface area is 448 Å².